The lowest BCUT2D eigenvalue weighted by Gasteiger charge is -2.27. The molecule has 9 nitrogen and oxygen atoms in total. The minimum Gasteiger partial charge on any atom is -0.505 e. The van der Waals surface area contributed by atoms with Crippen LogP contribution >= 0.6 is 0 Å². The van der Waals surface area contributed by atoms with E-state index >= 15 is 0 Å². The van der Waals surface area contributed by atoms with Crippen molar-refractivity contribution in [1.29, 1.82) is 0 Å². The van der Waals surface area contributed by atoms with Gasteiger partial charge in [-0.1, -0.05) is 31.9 Å². The van der Waals surface area contributed by atoms with Crippen molar-refractivity contribution >= 4 is 23.1 Å². The van der Waals surface area contributed by atoms with E-state index in [-0.39, 0.29) is 11.3 Å². The second kappa shape index (κ2) is 12.3. The van der Waals surface area contributed by atoms with Crippen LogP contribution in [0.25, 0.3) is 11.4 Å². The van der Waals surface area contributed by atoms with Crippen molar-refractivity contribution in [2.75, 3.05) is 40.4 Å². The maximum absolute atomic E-state index is 13.5. The van der Waals surface area contributed by atoms with Gasteiger partial charge in [0, 0.05) is 19.3 Å². The Kier molecular flexibility index (Phi) is 8.91. The molecule has 0 radical (unpaired) electrons. The highest BCUT2D eigenvalue weighted by Gasteiger charge is 2.46. The van der Waals surface area contributed by atoms with E-state index in [0.29, 0.717) is 60.4 Å². The molecule has 1 fully saturated rings. The van der Waals surface area contributed by atoms with Gasteiger partial charge in [0.1, 0.15) is 11.3 Å². The zero-order valence-corrected chi connectivity index (χ0v) is 23.4. The predicted molar refractivity (Wildman–Crippen MR) is 150 cm³/mol. The second-order valence-corrected chi connectivity index (χ2v) is 9.97. The summed E-state index contributed by atoms with van der Waals surface area (Å²) in [4.78, 5) is 34.9. The van der Waals surface area contributed by atoms with Crippen molar-refractivity contribution in [1.82, 2.24) is 19.2 Å². The topological polar surface area (TPSA) is 96.6 Å². The molecule has 0 saturated carbocycles. The van der Waals surface area contributed by atoms with Crippen LogP contribution in [0.4, 0.5) is 0 Å². The average Bonchev–Trinajstić information content (AvgIpc) is 3.38. The van der Waals surface area contributed by atoms with E-state index in [1.165, 1.54) is 4.90 Å². The number of aliphatic hydroxyl groups is 1. The Morgan fingerprint density at radius 3 is 2.59 bits per heavy atom. The fourth-order valence-corrected chi connectivity index (χ4v) is 4.91. The molecule has 1 aromatic carbocycles. The van der Waals surface area contributed by atoms with Gasteiger partial charge in [0.15, 0.2) is 17.3 Å². The van der Waals surface area contributed by atoms with Gasteiger partial charge in [-0.2, -0.15) is 0 Å². The fraction of sp³-hybridized carbons (Fsp3) is 0.433. The Morgan fingerprint density at radius 2 is 1.87 bits per heavy atom. The number of amides is 1. The number of carbonyl (C=O) groups is 2. The summed E-state index contributed by atoms with van der Waals surface area (Å²) in [6.45, 7) is 7.67. The fourth-order valence-electron chi connectivity index (χ4n) is 4.91. The Balaban J connectivity index is 1.84. The molecule has 1 unspecified atom stereocenters. The summed E-state index contributed by atoms with van der Waals surface area (Å²) in [5.74, 6) is -0.470. The number of rotatable bonds is 12. The monoisotopic (exact) mass is 534 g/mol. The van der Waals surface area contributed by atoms with Crippen molar-refractivity contribution in [2.24, 2.45) is 0 Å². The minimum absolute atomic E-state index is 0.0339. The highest BCUT2D eigenvalue weighted by Crippen LogP contribution is 2.42. The van der Waals surface area contributed by atoms with Crippen LogP contribution in [-0.2, 0) is 9.59 Å². The average molecular weight is 535 g/mol. The van der Waals surface area contributed by atoms with Crippen LogP contribution in [0.5, 0.6) is 11.5 Å². The minimum atomic E-state index is -0.799. The number of hydrogen-bond acceptors (Lipinski definition) is 7. The molecule has 1 aliphatic heterocycles. The summed E-state index contributed by atoms with van der Waals surface area (Å²) in [5.41, 5.74) is 2.28. The Labute approximate surface area is 229 Å². The number of likely N-dealkylation sites (tertiary alicyclic amines) is 1. The van der Waals surface area contributed by atoms with Crippen LogP contribution in [0, 0.1) is 6.92 Å². The Hall–Kier alpha value is -3.85. The highest BCUT2D eigenvalue weighted by molar-refractivity contribution is 6.46. The zero-order chi connectivity index (χ0) is 28.1. The van der Waals surface area contributed by atoms with Gasteiger partial charge in [-0.3, -0.25) is 14.0 Å². The van der Waals surface area contributed by atoms with Gasteiger partial charge < -0.3 is 24.4 Å². The number of ether oxygens (including phenoxy) is 2. The lowest BCUT2D eigenvalue weighted by atomic mass is 9.96. The maximum atomic E-state index is 13.5. The van der Waals surface area contributed by atoms with Gasteiger partial charge >= 0.3 is 0 Å². The quantitative estimate of drug-likeness (QED) is 0.157. The van der Waals surface area contributed by atoms with Gasteiger partial charge in [-0.15, -0.1) is 0 Å². The van der Waals surface area contributed by atoms with Crippen molar-refractivity contribution in [3.8, 4) is 11.5 Å². The molecule has 208 valence electrons. The Morgan fingerprint density at radius 1 is 1.08 bits per heavy atom. The third kappa shape index (κ3) is 5.78. The van der Waals surface area contributed by atoms with E-state index in [2.05, 4.69) is 11.9 Å². The number of unbranched alkanes of at least 4 members (excludes halogenated alkanes) is 2. The first-order valence-corrected chi connectivity index (χ1v) is 13.5. The van der Waals surface area contributed by atoms with E-state index in [0.717, 1.165) is 19.3 Å². The van der Waals surface area contributed by atoms with Crippen LogP contribution in [0.15, 0.2) is 48.2 Å². The molecule has 1 N–H and O–H groups in total. The molecular formula is C30H38N4O5. The highest BCUT2D eigenvalue weighted by atomic mass is 16.5. The molecule has 3 aromatic rings. The van der Waals surface area contributed by atoms with E-state index in [1.807, 2.05) is 62.3 Å². The van der Waals surface area contributed by atoms with E-state index in [4.69, 9.17) is 9.47 Å². The molecule has 1 saturated heterocycles. The van der Waals surface area contributed by atoms with Gasteiger partial charge in [-0.25, -0.2) is 4.98 Å². The first-order valence-electron chi connectivity index (χ1n) is 13.5. The molecule has 1 atom stereocenters. The van der Waals surface area contributed by atoms with E-state index < -0.39 is 17.7 Å². The molecule has 0 bridgehead atoms. The summed E-state index contributed by atoms with van der Waals surface area (Å²) in [7, 11) is 3.82. The summed E-state index contributed by atoms with van der Waals surface area (Å²) in [6.07, 6.45) is 4.88. The van der Waals surface area contributed by atoms with Crippen LogP contribution in [0.2, 0.25) is 0 Å². The first-order chi connectivity index (χ1) is 18.8. The number of likely N-dealkylation sites (N-methyl/N-ethyl adjacent to an activating group) is 1. The number of fused-ring (bicyclic) bond motifs is 1. The third-order valence-electron chi connectivity index (χ3n) is 6.85. The number of hydrogen-bond donors (Lipinski definition) is 1. The molecule has 4 rings (SSSR count). The molecule has 0 spiro atoms. The van der Waals surface area contributed by atoms with Gasteiger partial charge in [0.05, 0.1) is 30.5 Å². The van der Waals surface area contributed by atoms with Gasteiger partial charge in [0.25, 0.3) is 11.7 Å². The molecule has 39 heavy (non-hydrogen) atoms. The molecule has 1 aliphatic rings. The van der Waals surface area contributed by atoms with E-state index in [1.54, 1.807) is 17.5 Å². The molecule has 9 heteroatoms. The SMILES string of the molecule is CCCCCOc1ccc(C2/C(=C(\O)c3c(C)nc4ccccn34)C(=O)C(=O)N2CCN(C)C)cc1OCC. The lowest BCUT2D eigenvalue weighted by Crippen LogP contribution is -2.35. The number of benzene rings is 1. The van der Waals surface area contributed by atoms with Gasteiger partial charge in [0.2, 0.25) is 0 Å². The third-order valence-corrected chi connectivity index (χ3v) is 6.85. The molecule has 1 amide bonds. The number of carbonyl (C=O) groups excluding carboxylic acids is 2. The number of aliphatic hydroxyl groups excluding tert-OH is 1. The lowest BCUT2D eigenvalue weighted by molar-refractivity contribution is -0.140. The van der Waals surface area contributed by atoms with Crippen molar-refractivity contribution < 1.29 is 24.2 Å². The number of Topliss-reactive ketones (excluding diaryl/α,β-unsaturated/α-hetero) is 1. The number of nitrogens with zero attached hydrogens (tertiary/aromatic N) is 4. The standard InChI is InChI=1S/C30H38N4O5/c1-6-8-11-18-39-22-14-13-21(19-23(22)38-7-2)27-25(29(36)30(37)34(27)17-16-32(4)5)28(35)26-20(3)31-24-12-9-10-15-33(24)26/h9-10,12-15,19,27,35H,6-8,11,16-18H2,1-5H3/b28-25+. The van der Waals surface area contributed by atoms with Crippen molar-refractivity contribution in [3.63, 3.8) is 0 Å². The number of imidazole rings is 1. The predicted octanol–water partition coefficient (Wildman–Crippen LogP) is 4.59. The van der Waals surface area contributed by atoms with E-state index in [9.17, 15) is 14.7 Å². The molecule has 3 heterocycles. The number of pyridine rings is 1. The summed E-state index contributed by atoms with van der Waals surface area (Å²) in [5, 5.41) is 11.6. The normalized spacial score (nSPS) is 17.0. The maximum Gasteiger partial charge on any atom is 0.295 e. The second-order valence-electron chi connectivity index (χ2n) is 9.97. The summed E-state index contributed by atoms with van der Waals surface area (Å²) < 4.78 is 13.6. The Bertz CT molecular complexity index is 1380. The summed E-state index contributed by atoms with van der Waals surface area (Å²) in [6, 6.07) is 10.2. The number of ketones is 1. The largest absolute Gasteiger partial charge is 0.505 e. The van der Waals surface area contributed by atoms with Crippen LogP contribution < -0.4 is 9.47 Å². The molecule has 2 aromatic heterocycles. The van der Waals surface area contributed by atoms with Crippen molar-refractivity contribution in [2.45, 2.75) is 46.1 Å². The van der Waals surface area contributed by atoms with Gasteiger partial charge in [-0.05, 0) is 64.2 Å². The van der Waals surface area contributed by atoms with Crippen LogP contribution in [-0.4, -0.2) is 76.4 Å². The van der Waals surface area contributed by atoms with Crippen LogP contribution in [0.3, 0.4) is 0 Å². The molecular weight excluding hydrogens is 496 g/mol. The van der Waals surface area contributed by atoms with Crippen molar-refractivity contribution in [3.05, 3.63) is 65.1 Å². The molecule has 0 aliphatic carbocycles. The zero-order valence-electron chi connectivity index (χ0n) is 23.4. The first kappa shape index (κ1) is 28.2. The number of aromatic nitrogens is 2. The number of aryl methyl sites for hydroxylation is 1. The van der Waals surface area contributed by atoms with Crippen LogP contribution in [0.1, 0.15) is 56.1 Å². The smallest absolute Gasteiger partial charge is 0.295 e. The summed E-state index contributed by atoms with van der Waals surface area (Å²) >= 11 is 0.